The van der Waals surface area contributed by atoms with Crippen molar-refractivity contribution in [2.45, 2.75) is 245 Å². The summed E-state index contributed by atoms with van der Waals surface area (Å²) in [6.45, 7) is 5.21. The van der Waals surface area contributed by atoms with Crippen LogP contribution >= 0.6 is 0 Å². The highest BCUT2D eigenvalue weighted by molar-refractivity contribution is 5.69. The summed E-state index contributed by atoms with van der Waals surface area (Å²) in [6.07, 6.45) is 53.0. The zero-order valence-corrected chi connectivity index (χ0v) is 30.6. The molecule has 0 unspecified atom stereocenters. The van der Waals surface area contributed by atoms with Crippen molar-refractivity contribution in [3.05, 3.63) is 12.2 Å². The fourth-order valence-corrected chi connectivity index (χ4v) is 6.31. The Morgan fingerprint density at radius 3 is 0.977 bits per heavy atom. The second-order valence-electron chi connectivity index (χ2n) is 14.0. The van der Waals surface area contributed by atoms with Crippen LogP contribution in [0.2, 0.25) is 0 Å². The van der Waals surface area contributed by atoms with Crippen LogP contribution in [0.4, 0.5) is 0 Å². The maximum atomic E-state index is 12.0. The molecule has 0 aromatic carbocycles. The monoisotopic (exact) mass is 619 g/mol. The van der Waals surface area contributed by atoms with Gasteiger partial charge in [-0.25, -0.2) is 0 Å². The summed E-state index contributed by atoms with van der Waals surface area (Å²) in [6, 6.07) is 0. The minimum atomic E-state index is 0.0259. The smallest absolute Gasteiger partial charge is 0.305 e. The predicted octanol–water partition coefficient (Wildman–Crippen LogP) is 15.2. The normalized spacial score (nSPS) is 11.6. The topological polar surface area (TPSA) is 26.3 Å². The first-order chi connectivity index (χ1) is 21.8. The molecule has 0 aromatic heterocycles. The summed E-state index contributed by atoms with van der Waals surface area (Å²) in [7, 11) is 0. The molecule has 0 N–H and O–H groups in total. The summed E-state index contributed by atoms with van der Waals surface area (Å²) in [4.78, 5) is 12.0. The average Bonchev–Trinajstić information content (AvgIpc) is 3.03. The minimum Gasteiger partial charge on any atom is -0.466 e. The minimum absolute atomic E-state index is 0.0259. The number of hydrogen-bond donors (Lipinski definition) is 0. The molecule has 0 saturated heterocycles. The van der Waals surface area contributed by atoms with E-state index in [1.807, 2.05) is 0 Å². The molecule has 0 amide bonds. The molecule has 44 heavy (non-hydrogen) atoms. The number of hydrogen-bond acceptors (Lipinski definition) is 2. The van der Waals surface area contributed by atoms with Crippen LogP contribution in [-0.2, 0) is 9.53 Å². The Hall–Kier alpha value is -0.790. The van der Waals surface area contributed by atoms with Gasteiger partial charge < -0.3 is 4.74 Å². The number of rotatable bonds is 38. The van der Waals surface area contributed by atoms with Crippen LogP contribution in [0.25, 0.3) is 0 Å². The summed E-state index contributed by atoms with van der Waals surface area (Å²) >= 11 is 0. The molecule has 2 heteroatoms. The Kier molecular flexibility index (Phi) is 39.5. The van der Waals surface area contributed by atoms with Gasteiger partial charge in [0.2, 0.25) is 0 Å². The van der Waals surface area contributed by atoms with E-state index in [9.17, 15) is 4.79 Å². The predicted molar refractivity (Wildman–Crippen MR) is 198 cm³/mol. The Bertz CT molecular complexity index is 554. The Balaban J connectivity index is 3.17. The molecule has 2 nitrogen and oxygen atoms in total. The van der Waals surface area contributed by atoms with Gasteiger partial charge in [0.15, 0.2) is 0 Å². The first kappa shape index (κ1) is 43.2. The SMILES string of the molecule is CCCCCCCC/C=C/CCCCCCCCCCCC(=O)OCCCCCCCCCCCCCCCCCCCC. The molecular weight excluding hydrogens is 536 g/mol. The zero-order valence-electron chi connectivity index (χ0n) is 30.6. The van der Waals surface area contributed by atoms with E-state index in [1.54, 1.807) is 0 Å². The summed E-state index contributed by atoms with van der Waals surface area (Å²) in [5.41, 5.74) is 0. The molecular formula is C42H82O2. The summed E-state index contributed by atoms with van der Waals surface area (Å²) < 4.78 is 5.46. The van der Waals surface area contributed by atoms with Gasteiger partial charge in [0.25, 0.3) is 0 Å². The highest BCUT2D eigenvalue weighted by atomic mass is 16.5. The maximum absolute atomic E-state index is 12.0. The van der Waals surface area contributed by atoms with Gasteiger partial charge in [0.05, 0.1) is 6.61 Å². The fourth-order valence-electron chi connectivity index (χ4n) is 6.31. The second-order valence-corrected chi connectivity index (χ2v) is 14.0. The molecule has 0 rings (SSSR count). The van der Waals surface area contributed by atoms with E-state index in [0.717, 1.165) is 12.8 Å². The Morgan fingerprint density at radius 2 is 0.636 bits per heavy atom. The van der Waals surface area contributed by atoms with Crippen molar-refractivity contribution >= 4 is 5.97 Å². The quantitative estimate of drug-likeness (QED) is 0.0391. The van der Waals surface area contributed by atoms with E-state index >= 15 is 0 Å². The maximum Gasteiger partial charge on any atom is 0.305 e. The first-order valence-electron chi connectivity index (χ1n) is 20.6. The van der Waals surface area contributed by atoms with E-state index in [4.69, 9.17) is 4.74 Å². The molecule has 262 valence electrons. The molecule has 0 heterocycles. The number of unbranched alkanes of at least 4 members (excludes halogenated alkanes) is 32. The number of carbonyl (C=O) groups is 1. The largest absolute Gasteiger partial charge is 0.466 e. The van der Waals surface area contributed by atoms with Gasteiger partial charge in [-0.05, 0) is 38.5 Å². The lowest BCUT2D eigenvalue weighted by atomic mass is 10.0. The van der Waals surface area contributed by atoms with E-state index < -0.39 is 0 Å². The van der Waals surface area contributed by atoms with Crippen LogP contribution in [0.15, 0.2) is 12.2 Å². The van der Waals surface area contributed by atoms with Crippen LogP contribution < -0.4 is 0 Å². The standard InChI is InChI=1S/C42H82O2/c1-3-5-7-9-11-13-15-17-19-21-23-24-26-28-30-32-34-36-38-40-42(43)44-41-39-37-35-33-31-29-27-25-22-20-18-16-14-12-10-8-6-4-2/h17,19H,3-16,18,20-41H2,1-2H3/b19-17+. The summed E-state index contributed by atoms with van der Waals surface area (Å²) in [5, 5.41) is 0. The number of esters is 1. The molecule has 0 fully saturated rings. The fraction of sp³-hybridized carbons (Fsp3) is 0.929. The van der Waals surface area contributed by atoms with Crippen LogP contribution in [-0.4, -0.2) is 12.6 Å². The van der Waals surface area contributed by atoms with Gasteiger partial charge in [-0.2, -0.15) is 0 Å². The number of allylic oxidation sites excluding steroid dienone is 2. The number of ether oxygens (including phenoxy) is 1. The zero-order chi connectivity index (χ0) is 31.9. The lowest BCUT2D eigenvalue weighted by Crippen LogP contribution is -2.05. The highest BCUT2D eigenvalue weighted by Gasteiger charge is 2.03. The molecule has 0 aliphatic heterocycles. The lowest BCUT2D eigenvalue weighted by molar-refractivity contribution is -0.143. The van der Waals surface area contributed by atoms with Gasteiger partial charge in [0.1, 0.15) is 0 Å². The van der Waals surface area contributed by atoms with E-state index in [2.05, 4.69) is 26.0 Å². The van der Waals surface area contributed by atoms with Gasteiger partial charge in [-0.1, -0.05) is 212 Å². The van der Waals surface area contributed by atoms with Crippen molar-refractivity contribution < 1.29 is 9.53 Å². The molecule has 0 aliphatic rings. The van der Waals surface area contributed by atoms with Crippen LogP contribution in [0.1, 0.15) is 245 Å². The third kappa shape index (κ3) is 39.2. The number of carbonyl (C=O) groups excluding carboxylic acids is 1. The van der Waals surface area contributed by atoms with Crippen molar-refractivity contribution in [3.8, 4) is 0 Å². The van der Waals surface area contributed by atoms with Crippen molar-refractivity contribution in [1.82, 2.24) is 0 Å². The molecule has 0 aliphatic carbocycles. The van der Waals surface area contributed by atoms with Crippen LogP contribution in [0, 0.1) is 0 Å². The Morgan fingerprint density at radius 1 is 0.364 bits per heavy atom. The van der Waals surface area contributed by atoms with E-state index in [0.29, 0.717) is 13.0 Å². The second kappa shape index (κ2) is 40.2. The van der Waals surface area contributed by atoms with Gasteiger partial charge in [0, 0.05) is 6.42 Å². The molecule has 0 spiro atoms. The van der Waals surface area contributed by atoms with Gasteiger partial charge in [-0.15, -0.1) is 0 Å². The first-order valence-corrected chi connectivity index (χ1v) is 20.6. The van der Waals surface area contributed by atoms with E-state index in [1.165, 1.54) is 212 Å². The molecule has 0 bridgehead atoms. The van der Waals surface area contributed by atoms with Crippen molar-refractivity contribution in [1.29, 1.82) is 0 Å². The van der Waals surface area contributed by atoms with Crippen molar-refractivity contribution in [2.24, 2.45) is 0 Å². The highest BCUT2D eigenvalue weighted by Crippen LogP contribution is 2.15. The Labute approximate surface area is 278 Å². The van der Waals surface area contributed by atoms with Crippen molar-refractivity contribution in [3.63, 3.8) is 0 Å². The molecule has 0 atom stereocenters. The average molecular weight is 619 g/mol. The molecule has 0 radical (unpaired) electrons. The lowest BCUT2D eigenvalue weighted by Gasteiger charge is -2.06. The molecule has 0 saturated carbocycles. The van der Waals surface area contributed by atoms with Gasteiger partial charge >= 0.3 is 5.97 Å². The van der Waals surface area contributed by atoms with Gasteiger partial charge in [-0.3, -0.25) is 4.79 Å². The molecule has 0 aromatic rings. The summed E-state index contributed by atoms with van der Waals surface area (Å²) in [5.74, 6) is 0.0259. The van der Waals surface area contributed by atoms with E-state index in [-0.39, 0.29) is 5.97 Å². The van der Waals surface area contributed by atoms with Crippen LogP contribution in [0.5, 0.6) is 0 Å². The third-order valence-corrected chi connectivity index (χ3v) is 9.40. The van der Waals surface area contributed by atoms with Crippen molar-refractivity contribution in [2.75, 3.05) is 6.61 Å². The van der Waals surface area contributed by atoms with Crippen LogP contribution in [0.3, 0.4) is 0 Å². The third-order valence-electron chi connectivity index (χ3n) is 9.40.